The predicted octanol–water partition coefficient (Wildman–Crippen LogP) is 2.09. The molecule has 0 aliphatic heterocycles. The van der Waals surface area contributed by atoms with E-state index in [1.165, 1.54) is 12.3 Å². The highest BCUT2D eigenvalue weighted by molar-refractivity contribution is 5.36. The first-order valence-electron chi connectivity index (χ1n) is 4.28. The van der Waals surface area contributed by atoms with Crippen LogP contribution < -0.4 is 4.74 Å². The zero-order chi connectivity index (χ0) is 10.7. The minimum absolute atomic E-state index is 0.0152. The summed E-state index contributed by atoms with van der Waals surface area (Å²) in [6.45, 7) is 5.49. The van der Waals surface area contributed by atoms with Crippen molar-refractivity contribution in [2.75, 3.05) is 0 Å². The number of rotatable bonds is 3. The lowest BCUT2D eigenvalue weighted by molar-refractivity contribution is -0.385. The summed E-state index contributed by atoms with van der Waals surface area (Å²) >= 11 is 0. The van der Waals surface area contributed by atoms with Gasteiger partial charge in [0.15, 0.2) is 0 Å². The van der Waals surface area contributed by atoms with Crippen LogP contribution in [-0.4, -0.2) is 16.0 Å². The maximum Gasteiger partial charge on any atom is 0.288 e. The summed E-state index contributed by atoms with van der Waals surface area (Å²) in [5.41, 5.74) is 0.659. The molecule has 1 rings (SSSR count). The third-order valence-electron chi connectivity index (χ3n) is 1.57. The van der Waals surface area contributed by atoms with Crippen LogP contribution in [0, 0.1) is 17.0 Å². The summed E-state index contributed by atoms with van der Waals surface area (Å²) in [5, 5.41) is 10.4. The van der Waals surface area contributed by atoms with Crippen LogP contribution in [0.15, 0.2) is 12.3 Å². The molecular weight excluding hydrogens is 184 g/mol. The molecule has 5 nitrogen and oxygen atoms in total. The minimum Gasteiger partial charge on any atom is -0.475 e. The van der Waals surface area contributed by atoms with E-state index >= 15 is 0 Å². The van der Waals surface area contributed by atoms with Gasteiger partial charge in [0, 0.05) is 11.6 Å². The van der Waals surface area contributed by atoms with Crippen molar-refractivity contribution in [3.05, 3.63) is 27.9 Å². The second-order valence-electron chi connectivity index (χ2n) is 3.24. The Morgan fingerprint density at radius 1 is 1.57 bits per heavy atom. The molecule has 0 aliphatic carbocycles. The summed E-state index contributed by atoms with van der Waals surface area (Å²) in [7, 11) is 0. The van der Waals surface area contributed by atoms with Gasteiger partial charge in [0.2, 0.25) is 5.88 Å². The molecular formula is C9H12N2O3. The molecule has 14 heavy (non-hydrogen) atoms. The lowest BCUT2D eigenvalue weighted by Crippen LogP contribution is -2.08. The highest BCUT2D eigenvalue weighted by Gasteiger charge is 2.10. The van der Waals surface area contributed by atoms with Gasteiger partial charge >= 0.3 is 0 Å². The second kappa shape index (κ2) is 4.04. The van der Waals surface area contributed by atoms with E-state index in [4.69, 9.17) is 4.74 Å². The maximum atomic E-state index is 10.4. The Morgan fingerprint density at radius 3 is 2.64 bits per heavy atom. The fraction of sp³-hybridized carbons (Fsp3) is 0.444. The van der Waals surface area contributed by atoms with Gasteiger partial charge < -0.3 is 4.74 Å². The summed E-state index contributed by atoms with van der Waals surface area (Å²) in [6.07, 6.45) is 1.22. The summed E-state index contributed by atoms with van der Waals surface area (Å²) in [4.78, 5) is 13.8. The van der Waals surface area contributed by atoms with Crippen LogP contribution in [0.2, 0.25) is 0 Å². The fourth-order valence-corrected chi connectivity index (χ4v) is 0.994. The van der Waals surface area contributed by atoms with Crippen molar-refractivity contribution in [1.82, 2.24) is 4.98 Å². The Balaban J connectivity index is 2.95. The number of hydrogen-bond acceptors (Lipinski definition) is 4. The molecule has 0 fully saturated rings. The molecule has 0 aromatic carbocycles. The topological polar surface area (TPSA) is 65.3 Å². The van der Waals surface area contributed by atoms with Crippen LogP contribution in [0.25, 0.3) is 0 Å². The maximum absolute atomic E-state index is 10.4. The van der Waals surface area contributed by atoms with Crippen molar-refractivity contribution in [2.45, 2.75) is 26.9 Å². The summed E-state index contributed by atoms with van der Waals surface area (Å²) in [6, 6.07) is 1.45. The van der Waals surface area contributed by atoms with Gasteiger partial charge in [0.1, 0.15) is 6.20 Å². The van der Waals surface area contributed by atoms with Crippen molar-refractivity contribution in [3.63, 3.8) is 0 Å². The van der Waals surface area contributed by atoms with Crippen LogP contribution in [0.3, 0.4) is 0 Å². The van der Waals surface area contributed by atoms with E-state index in [-0.39, 0.29) is 11.8 Å². The van der Waals surface area contributed by atoms with Gasteiger partial charge in [-0.05, 0) is 20.8 Å². The normalized spacial score (nSPS) is 10.3. The Kier molecular flexibility index (Phi) is 3.01. The van der Waals surface area contributed by atoms with Crippen LogP contribution in [0.4, 0.5) is 5.69 Å². The molecule has 0 amide bonds. The highest BCUT2D eigenvalue weighted by atomic mass is 16.6. The number of aryl methyl sites for hydroxylation is 1. The summed E-state index contributed by atoms with van der Waals surface area (Å²) in [5.74, 6) is 0.450. The van der Waals surface area contributed by atoms with Crippen LogP contribution in [0.5, 0.6) is 5.88 Å². The molecule has 0 aliphatic rings. The highest BCUT2D eigenvalue weighted by Crippen LogP contribution is 2.20. The van der Waals surface area contributed by atoms with Crippen molar-refractivity contribution >= 4 is 5.69 Å². The first-order valence-corrected chi connectivity index (χ1v) is 4.28. The number of ether oxygens (including phenoxy) is 1. The Bertz CT molecular complexity index is 350. The van der Waals surface area contributed by atoms with Gasteiger partial charge in [-0.25, -0.2) is 4.98 Å². The Hall–Kier alpha value is -1.65. The molecule has 1 aromatic rings. The van der Waals surface area contributed by atoms with Crippen LogP contribution in [-0.2, 0) is 0 Å². The average molecular weight is 196 g/mol. The quantitative estimate of drug-likeness (QED) is 0.548. The Morgan fingerprint density at radius 2 is 2.21 bits per heavy atom. The molecule has 0 spiro atoms. The van der Waals surface area contributed by atoms with E-state index in [1.807, 2.05) is 13.8 Å². The molecule has 0 radical (unpaired) electrons. The average Bonchev–Trinajstić information content (AvgIpc) is 2.07. The molecule has 76 valence electrons. The SMILES string of the molecule is Cc1cc([N+](=O)[O-])cnc1OC(C)C. The zero-order valence-electron chi connectivity index (χ0n) is 8.35. The van der Waals surface area contributed by atoms with Crippen LogP contribution >= 0.6 is 0 Å². The molecule has 0 unspecified atom stereocenters. The molecule has 1 aromatic heterocycles. The number of aromatic nitrogens is 1. The standard InChI is InChI=1S/C9H12N2O3/c1-6(2)14-9-7(3)4-8(5-10-9)11(12)13/h4-6H,1-3H3. The molecule has 0 atom stereocenters. The van der Waals surface area contributed by atoms with Gasteiger partial charge in [-0.1, -0.05) is 0 Å². The largest absolute Gasteiger partial charge is 0.475 e. The molecule has 0 N–H and O–H groups in total. The monoisotopic (exact) mass is 196 g/mol. The van der Waals surface area contributed by atoms with E-state index in [0.29, 0.717) is 11.4 Å². The third kappa shape index (κ3) is 2.42. The van der Waals surface area contributed by atoms with Crippen molar-refractivity contribution < 1.29 is 9.66 Å². The Labute approximate surface area is 81.9 Å². The molecule has 1 heterocycles. The van der Waals surface area contributed by atoms with Gasteiger partial charge in [-0.2, -0.15) is 0 Å². The lowest BCUT2D eigenvalue weighted by Gasteiger charge is -2.09. The fourth-order valence-electron chi connectivity index (χ4n) is 0.994. The predicted molar refractivity (Wildman–Crippen MR) is 51.4 cm³/mol. The molecule has 0 saturated carbocycles. The van der Waals surface area contributed by atoms with Gasteiger partial charge in [-0.15, -0.1) is 0 Å². The number of nitrogens with zero attached hydrogens (tertiary/aromatic N) is 2. The van der Waals surface area contributed by atoms with Crippen LogP contribution in [0.1, 0.15) is 19.4 Å². The third-order valence-corrected chi connectivity index (χ3v) is 1.57. The van der Waals surface area contributed by atoms with E-state index in [2.05, 4.69) is 4.98 Å². The zero-order valence-corrected chi connectivity index (χ0v) is 8.35. The van der Waals surface area contributed by atoms with Crippen molar-refractivity contribution in [1.29, 1.82) is 0 Å². The lowest BCUT2D eigenvalue weighted by atomic mass is 10.3. The molecule has 0 saturated heterocycles. The minimum atomic E-state index is -0.473. The van der Waals surface area contributed by atoms with E-state index in [1.54, 1.807) is 6.92 Å². The first kappa shape index (κ1) is 10.4. The van der Waals surface area contributed by atoms with E-state index in [9.17, 15) is 10.1 Å². The van der Waals surface area contributed by atoms with Gasteiger partial charge in [-0.3, -0.25) is 10.1 Å². The smallest absolute Gasteiger partial charge is 0.288 e. The second-order valence-corrected chi connectivity index (χ2v) is 3.24. The van der Waals surface area contributed by atoms with E-state index in [0.717, 1.165) is 0 Å². The first-order chi connectivity index (χ1) is 6.50. The van der Waals surface area contributed by atoms with Crippen molar-refractivity contribution in [3.8, 4) is 5.88 Å². The number of nitro groups is 1. The molecule has 5 heteroatoms. The van der Waals surface area contributed by atoms with E-state index < -0.39 is 4.92 Å². The molecule has 0 bridgehead atoms. The van der Waals surface area contributed by atoms with Gasteiger partial charge in [0.05, 0.1) is 11.0 Å². The van der Waals surface area contributed by atoms with Crippen molar-refractivity contribution in [2.24, 2.45) is 0 Å². The number of hydrogen-bond donors (Lipinski definition) is 0. The summed E-state index contributed by atoms with van der Waals surface area (Å²) < 4.78 is 5.35. The van der Waals surface area contributed by atoms with Gasteiger partial charge in [0.25, 0.3) is 5.69 Å². The number of pyridine rings is 1.